The first-order chi connectivity index (χ1) is 21.3. The third-order valence-corrected chi connectivity index (χ3v) is 7.15. The van der Waals surface area contributed by atoms with Crippen LogP contribution >= 0.6 is 0 Å². The summed E-state index contributed by atoms with van der Waals surface area (Å²) in [5, 5.41) is 12.3. The molecule has 1 N–H and O–H groups in total. The van der Waals surface area contributed by atoms with E-state index in [9.17, 15) is 9.90 Å². The third kappa shape index (κ3) is 9.80. The lowest BCUT2D eigenvalue weighted by atomic mass is 9.83. The summed E-state index contributed by atoms with van der Waals surface area (Å²) in [5.74, 6) is -1.60. The highest BCUT2D eigenvalue weighted by molar-refractivity contribution is 5.89. The molecule has 9 heteroatoms. The Morgan fingerprint density at radius 1 is 0.932 bits per heavy atom. The maximum atomic E-state index is 13.4. The van der Waals surface area contributed by atoms with Gasteiger partial charge in [0.25, 0.3) is 0 Å². The lowest BCUT2D eigenvalue weighted by Crippen LogP contribution is -2.60. The van der Waals surface area contributed by atoms with Crippen LogP contribution in [0.3, 0.4) is 0 Å². The van der Waals surface area contributed by atoms with Crippen molar-refractivity contribution in [3.63, 3.8) is 0 Å². The van der Waals surface area contributed by atoms with Crippen LogP contribution in [-0.2, 0) is 46.4 Å². The molecular weight excluding hydrogens is 564 g/mol. The summed E-state index contributed by atoms with van der Waals surface area (Å²) in [6.07, 6.45) is -1.57. The molecule has 0 radical (unpaired) electrons. The van der Waals surface area contributed by atoms with Gasteiger partial charge in [-0.25, -0.2) is 4.79 Å². The summed E-state index contributed by atoms with van der Waals surface area (Å²) in [4.78, 5) is 13.4. The van der Waals surface area contributed by atoms with Crippen molar-refractivity contribution in [2.45, 2.75) is 63.2 Å². The predicted molar refractivity (Wildman–Crippen MR) is 163 cm³/mol. The van der Waals surface area contributed by atoms with E-state index in [1.807, 2.05) is 60.7 Å². The van der Waals surface area contributed by atoms with Gasteiger partial charge in [-0.1, -0.05) is 84.9 Å². The van der Waals surface area contributed by atoms with Crippen LogP contribution in [0.15, 0.2) is 104 Å². The fourth-order valence-electron chi connectivity index (χ4n) is 4.90. The van der Waals surface area contributed by atoms with Crippen LogP contribution in [0.25, 0.3) is 0 Å². The molecule has 0 aromatic heterocycles. The summed E-state index contributed by atoms with van der Waals surface area (Å²) in [6.45, 7) is 7.75. The fraction of sp³-hybridized carbons (Fsp3) is 0.400. The Morgan fingerprint density at radius 3 is 2.05 bits per heavy atom. The minimum absolute atomic E-state index is 0.0130. The molecule has 236 valence electrons. The topological polar surface area (TPSA) is 102 Å². The summed E-state index contributed by atoms with van der Waals surface area (Å²) in [6, 6.07) is 27.9. The van der Waals surface area contributed by atoms with Crippen LogP contribution in [0.1, 0.15) is 41.8 Å². The molecule has 44 heavy (non-hydrogen) atoms. The zero-order valence-corrected chi connectivity index (χ0v) is 25.3. The molecule has 0 saturated carbocycles. The Morgan fingerprint density at radius 2 is 1.50 bits per heavy atom. The van der Waals surface area contributed by atoms with Crippen molar-refractivity contribution in [3.8, 4) is 0 Å². The second-order valence-corrected chi connectivity index (χ2v) is 11.0. The van der Waals surface area contributed by atoms with Gasteiger partial charge in [-0.2, -0.15) is 0 Å². The number of hydrogen-bond donors (Lipinski definition) is 1. The van der Waals surface area contributed by atoms with E-state index in [-0.39, 0.29) is 33.2 Å². The number of rotatable bonds is 18. The van der Waals surface area contributed by atoms with E-state index in [0.717, 1.165) is 11.1 Å². The summed E-state index contributed by atoms with van der Waals surface area (Å²) in [7, 11) is 0. The zero-order valence-electron chi connectivity index (χ0n) is 25.3. The molecule has 0 unspecified atom stereocenters. The molecule has 4 rings (SSSR count). The van der Waals surface area contributed by atoms with E-state index in [1.54, 1.807) is 50.3 Å². The lowest BCUT2D eigenvalue weighted by Gasteiger charge is -2.42. The van der Waals surface area contributed by atoms with Gasteiger partial charge in [0.1, 0.15) is 31.4 Å². The third-order valence-electron chi connectivity index (χ3n) is 7.15. The summed E-state index contributed by atoms with van der Waals surface area (Å²) in [5.41, 5.74) is 0.480. The molecule has 0 aliphatic carbocycles. The molecule has 3 aromatic rings. The van der Waals surface area contributed by atoms with E-state index in [4.69, 9.17) is 33.2 Å². The van der Waals surface area contributed by atoms with Gasteiger partial charge in [0.15, 0.2) is 11.9 Å². The Kier molecular flexibility index (Phi) is 12.6. The molecule has 1 aliphatic rings. The second-order valence-electron chi connectivity index (χ2n) is 11.0. The monoisotopic (exact) mass is 606 g/mol. The SMILES string of the molecule is C=CC[C@](O)([C@H](OC(=O)c1ccccc1)[C@@H](COCOCc1ccccc1)OCOCc1ccccc1)[C@H]1COC(C)(C)O1. The van der Waals surface area contributed by atoms with Crippen LogP contribution in [0.4, 0.5) is 0 Å². The van der Waals surface area contributed by atoms with E-state index in [0.29, 0.717) is 18.8 Å². The Bertz CT molecular complexity index is 1270. The van der Waals surface area contributed by atoms with Crippen molar-refractivity contribution < 1.29 is 43.1 Å². The predicted octanol–water partition coefficient (Wildman–Crippen LogP) is 5.42. The Hall–Kier alpha value is -3.41. The second kappa shape index (κ2) is 16.6. The quantitative estimate of drug-likeness (QED) is 0.0880. The van der Waals surface area contributed by atoms with Crippen molar-refractivity contribution in [2.24, 2.45) is 0 Å². The minimum Gasteiger partial charge on any atom is -0.453 e. The standard InChI is InChI=1S/C35H42O9/c1-4-20-35(37,31-24-42-34(2,3)44-31)32(43-33(36)29-18-12-7-13-19-29)30(41-26-39-22-28-16-10-6-11-17-28)23-40-25-38-21-27-14-8-5-9-15-27/h4-19,30-32,37H,1,20-26H2,2-3H3/t30-,31-,32-,35-/m1/s1. The average molecular weight is 607 g/mol. The van der Waals surface area contributed by atoms with Gasteiger partial charge in [0.2, 0.25) is 0 Å². The van der Waals surface area contributed by atoms with Crippen LogP contribution in [0.2, 0.25) is 0 Å². The molecular formula is C35H42O9. The van der Waals surface area contributed by atoms with Gasteiger partial charge in [-0.05, 0) is 37.1 Å². The van der Waals surface area contributed by atoms with Crippen LogP contribution in [-0.4, -0.2) is 67.6 Å². The maximum Gasteiger partial charge on any atom is 0.338 e. The van der Waals surface area contributed by atoms with Crippen LogP contribution in [0, 0.1) is 0 Å². The van der Waals surface area contributed by atoms with Crippen molar-refractivity contribution in [1.29, 1.82) is 0 Å². The first-order valence-electron chi connectivity index (χ1n) is 14.6. The van der Waals surface area contributed by atoms with E-state index in [2.05, 4.69) is 6.58 Å². The van der Waals surface area contributed by atoms with Gasteiger partial charge >= 0.3 is 5.97 Å². The van der Waals surface area contributed by atoms with Crippen molar-refractivity contribution in [3.05, 3.63) is 120 Å². The number of ether oxygens (including phenoxy) is 7. The molecule has 1 saturated heterocycles. The van der Waals surface area contributed by atoms with E-state index < -0.39 is 35.7 Å². The normalized spacial score (nSPS) is 18.7. The smallest absolute Gasteiger partial charge is 0.338 e. The van der Waals surface area contributed by atoms with E-state index in [1.165, 1.54) is 0 Å². The van der Waals surface area contributed by atoms with Gasteiger partial charge in [-0.3, -0.25) is 0 Å². The number of benzene rings is 3. The molecule has 0 bridgehead atoms. The number of carbonyl (C=O) groups is 1. The zero-order chi connectivity index (χ0) is 31.3. The van der Waals surface area contributed by atoms with Crippen molar-refractivity contribution >= 4 is 5.97 Å². The Labute approximate surface area is 259 Å². The first-order valence-corrected chi connectivity index (χ1v) is 14.6. The van der Waals surface area contributed by atoms with Crippen LogP contribution in [0.5, 0.6) is 0 Å². The number of aliphatic hydroxyl groups is 1. The largest absolute Gasteiger partial charge is 0.453 e. The molecule has 0 amide bonds. The molecule has 1 heterocycles. The van der Waals surface area contributed by atoms with Gasteiger partial charge in [0, 0.05) is 6.42 Å². The van der Waals surface area contributed by atoms with E-state index >= 15 is 0 Å². The van der Waals surface area contributed by atoms with Gasteiger partial charge in [-0.15, -0.1) is 6.58 Å². The van der Waals surface area contributed by atoms with Gasteiger partial charge < -0.3 is 38.3 Å². The fourth-order valence-corrected chi connectivity index (χ4v) is 4.90. The molecule has 0 spiro atoms. The molecule has 1 fully saturated rings. The maximum absolute atomic E-state index is 13.4. The average Bonchev–Trinajstić information content (AvgIpc) is 3.42. The highest BCUT2D eigenvalue weighted by Crippen LogP contribution is 2.36. The molecule has 4 atom stereocenters. The summed E-state index contributed by atoms with van der Waals surface area (Å²) < 4.78 is 41.5. The highest BCUT2D eigenvalue weighted by atomic mass is 16.8. The first kappa shape index (κ1) is 33.5. The van der Waals surface area contributed by atoms with Crippen LogP contribution < -0.4 is 0 Å². The minimum atomic E-state index is -1.79. The Balaban J connectivity index is 1.55. The molecule has 1 aliphatic heterocycles. The van der Waals surface area contributed by atoms with Crippen molar-refractivity contribution in [1.82, 2.24) is 0 Å². The van der Waals surface area contributed by atoms with Gasteiger partial charge in [0.05, 0.1) is 32.0 Å². The number of esters is 1. The molecule has 3 aromatic carbocycles. The summed E-state index contributed by atoms with van der Waals surface area (Å²) >= 11 is 0. The van der Waals surface area contributed by atoms with Crippen molar-refractivity contribution in [2.75, 3.05) is 26.8 Å². The number of hydrogen-bond acceptors (Lipinski definition) is 9. The molecule has 9 nitrogen and oxygen atoms in total. The number of carbonyl (C=O) groups excluding carboxylic acids is 1. The lowest BCUT2D eigenvalue weighted by molar-refractivity contribution is -0.233. The highest BCUT2D eigenvalue weighted by Gasteiger charge is 2.54.